The molecule has 0 bridgehead atoms. The lowest BCUT2D eigenvalue weighted by molar-refractivity contribution is -0.125. The van der Waals surface area contributed by atoms with E-state index in [1.54, 1.807) is 11.2 Å². The average molecular weight is 203 g/mol. The maximum Gasteiger partial charge on any atom is 0.245 e. The highest BCUT2D eigenvalue weighted by Crippen LogP contribution is 2.12. The van der Waals surface area contributed by atoms with Crippen molar-refractivity contribution < 1.29 is 4.79 Å². The van der Waals surface area contributed by atoms with Crippen LogP contribution in [0.4, 0.5) is 0 Å². The van der Waals surface area contributed by atoms with Gasteiger partial charge in [-0.05, 0) is 18.1 Å². The van der Waals surface area contributed by atoms with Crippen molar-refractivity contribution in [2.24, 2.45) is 0 Å². The van der Waals surface area contributed by atoms with E-state index in [0.29, 0.717) is 0 Å². The summed E-state index contributed by atoms with van der Waals surface area (Å²) in [6.07, 6.45) is 6.39. The van der Waals surface area contributed by atoms with Crippen LogP contribution in [0.15, 0.2) is 25.2 Å². The smallest absolute Gasteiger partial charge is 0.245 e. The molecule has 0 fully saturated rings. The van der Waals surface area contributed by atoms with Crippen molar-refractivity contribution in [3.05, 3.63) is 36.4 Å². The molecule has 0 N–H and O–H groups in total. The van der Waals surface area contributed by atoms with E-state index < -0.39 is 0 Å². The molecule has 1 aromatic heterocycles. The Labute approximate surface area is 88.7 Å². The van der Waals surface area contributed by atoms with E-state index in [1.807, 2.05) is 6.20 Å². The molecule has 0 aromatic carbocycles. The molecule has 0 aliphatic carbocycles. The van der Waals surface area contributed by atoms with Gasteiger partial charge in [0.15, 0.2) is 0 Å². The molecule has 2 rings (SSSR count). The quantitative estimate of drug-likeness (QED) is 0.627. The van der Waals surface area contributed by atoms with Gasteiger partial charge in [0, 0.05) is 31.4 Å². The first-order valence-corrected chi connectivity index (χ1v) is 5.00. The molecule has 0 spiro atoms. The maximum atomic E-state index is 11.4. The lowest BCUT2D eigenvalue weighted by atomic mass is 10.1. The van der Waals surface area contributed by atoms with E-state index in [9.17, 15) is 4.79 Å². The largest absolute Gasteiger partial charge is 0.338 e. The fourth-order valence-electron chi connectivity index (χ4n) is 1.78. The normalized spacial score (nSPS) is 15.3. The van der Waals surface area contributed by atoms with Crippen LogP contribution in [-0.4, -0.2) is 33.9 Å². The van der Waals surface area contributed by atoms with Crippen molar-refractivity contribution in [1.82, 2.24) is 14.9 Å². The number of nitrogens with zero attached hydrogens (tertiary/aromatic N) is 3. The highest BCUT2D eigenvalue weighted by atomic mass is 16.2. The van der Waals surface area contributed by atoms with E-state index in [0.717, 1.165) is 37.2 Å². The SMILES string of the molecule is C=CC(=O)N1CCc2cncnc2CC1. The Morgan fingerprint density at radius 2 is 2.27 bits per heavy atom. The van der Waals surface area contributed by atoms with Crippen LogP contribution in [0.3, 0.4) is 0 Å². The molecule has 78 valence electrons. The third-order valence-electron chi connectivity index (χ3n) is 2.64. The third-order valence-corrected chi connectivity index (χ3v) is 2.64. The Kier molecular flexibility index (Phi) is 2.76. The summed E-state index contributed by atoms with van der Waals surface area (Å²) in [5, 5.41) is 0. The van der Waals surface area contributed by atoms with Crippen molar-refractivity contribution in [3.63, 3.8) is 0 Å². The zero-order valence-electron chi connectivity index (χ0n) is 8.52. The molecule has 1 aromatic rings. The zero-order chi connectivity index (χ0) is 10.7. The van der Waals surface area contributed by atoms with Crippen LogP contribution in [-0.2, 0) is 17.6 Å². The summed E-state index contributed by atoms with van der Waals surface area (Å²) in [6.45, 7) is 4.94. The van der Waals surface area contributed by atoms with Crippen molar-refractivity contribution in [2.75, 3.05) is 13.1 Å². The molecule has 15 heavy (non-hydrogen) atoms. The second-order valence-electron chi connectivity index (χ2n) is 3.52. The molecule has 4 nitrogen and oxygen atoms in total. The van der Waals surface area contributed by atoms with Gasteiger partial charge in [-0.1, -0.05) is 6.58 Å². The minimum absolute atomic E-state index is 0.00392. The number of fused-ring (bicyclic) bond motifs is 1. The standard InChI is InChI=1S/C11H13N3O/c1-2-11(15)14-5-3-9-7-12-8-13-10(9)4-6-14/h2,7-8H,1,3-6H2. The Bertz CT molecular complexity index is 362. The van der Waals surface area contributed by atoms with E-state index >= 15 is 0 Å². The molecule has 0 saturated heterocycles. The summed E-state index contributed by atoms with van der Waals surface area (Å²) in [5.41, 5.74) is 2.21. The third kappa shape index (κ3) is 2.03. The van der Waals surface area contributed by atoms with Crippen LogP contribution in [0.1, 0.15) is 11.3 Å². The van der Waals surface area contributed by atoms with Gasteiger partial charge in [-0.2, -0.15) is 0 Å². The van der Waals surface area contributed by atoms with E-state index in [1.165, 1.54) is 6.08 Å². The van der Waals surface area contributed by atoms with Crippen LogP contribution in [0, 0.1) is 0 Å². The molecule has 1 aliphatic heterocycles. The first-order chi connectivity index (χ1) is 7.31. The van der Waals surface area contributed by atoms with Gasteiger partial charge >= 0.3 is 0 Å². The minimum atomic E-state index is -0.00392. The van der Waals surface area contributed by atoms with Gasteiger partial charge in [-0.3, -0.25) is 4.79 Å². The van der Waals surface area contributed by atoms with Crippen molar-refractivity contribution in [3.8, 4) is 0 Å². The molecule has 4 heteroatoms. The maximum absolute atomic E-state index is 11.4. The molecule has 0 saturated carbocycles. The van der Waals surface area contributed by atoms with Gasteiger partial charge in [-0.15, -0.1) is 0 Å². The molecular weight excluding hydrogens is 190 g/mol. The van der Waals surface area contributed by atoms with E-state index in [4.69, 9.17) is 0 Å². The van der Waals surface area contributed by atoms with Crippen LogP contribution in [0.5, 0.6) is 0 Å². The predicted octanol–water partition coefficient (Wildman–Crippen LogP) is 0.590. The van der Waals surface area contributed by atoms with E-state index in [-0.39, 0.29) is 5.91 Å². The molecule has 0 radical (unpaired) electrons. The topological polar surface area (TPSA) is 46.1 Å². The molecule has 2 heterocycles. The molecular formula is C11H13N3O. The number of hydrogen-bond acceptors (Lipinski definition) is 3. The number of aromatic nitrogens is 2. The van der Waals surface area contributed by atoms with Gasteiger partial charge in [-0.25, -0.2) is 9.97 Å². The number of rotatable bonds is 1. The van der Waals surface area contributed by atoms with Crippen LogP contribution < -0.4 is 0 Å². The van der Waals surface area contributed by atoms with Gasteiger partial charge in [0.2, 0.25) is 5.91 Å². The molecule has 0 unspecified atom stereocenters. The van der Waals surface area contributed by atoms with Crippen LogP contribution in [0.25, 0.3) is 0 Å². The predicted molar refractivity (Wildman–Crippen MR) is 56.2 cm³/mol. The van der Waals surface area contributed by atoms with Gasteiger partial charge in [0.05, 0.1) is 0 Å². The van der Waals surface area contributed by atoms with Gasteiger partial charge < -0.3 is 4.90 Å². The molecule has 1 amide bonds. The Balaban J connectivity index is 2.15. The Hall–Kier alpha value is -1.71. The fourth-order valence-corrected chi connectivity index (χ4v) is 1.78. The van der Waals surface area contributed by atoms with Crippen molar-refractivity contribution >= 4 is 5.91 Å². The fraction of sp³-hybridized carbons (Fsp3) is 0.364. The first kappa shape index (κ1) is 9.83. The van der Waals surface area contributed by atoms with E-state index in [2.05, 4.69) is 16.5 Å². The number of amides is 1. The van der Waals surface area contributed by atoms with Crippen LogP contribution in [0.2, 0.25) is 0 Å². The van der Waals surface area contributed by atoms with Crippen molar-refractivity contribution in [1.29, 1.82) is 0 Å². The Morgan fingerprint density at radius 1 is 1.47 bits per heavy atom. The second-order valence-corrected chi connectivity index (χ2v) is 3.52. The number of hydrogen-bond donors (Lipinski definition) is 0. The highest BCUT2D eigenvalue weighted by molar-refractivity contribution is 5.87. The van der Waals surface area contributed by atoms with Gasteiger partial charge in [0.1, 0.15) is 6.33 Å². The summed E-state index contributed by atoms with van der Waals surface area (Å²) in [7, 11) is 0. The summed E-state index contributed by atoms with van der Waals surface area (Å²) in [4.78, 5) is 21.5. The number of carbonyl (C=O) groups is 1. The van der Waals surface area contributed by atoms with Crippen molar-refractivity contribution in [2.45, 2.75) is 12.8 Å². The van der Waals surface area contributed by atoms with Crippen LogP contribution >= 0.6 is 0 Å². The minimum Gasteiger partial charge on any atom is -0.338 e. The average Bonchev–Trinajstić information content (AvgIpc) is 2.50. The zero-order valence-corrected chi connectivity index (χ0v) is 8.52. The lowest BCUT2D eigenvalue weighted by Gasteiger charge is -2.17. The summed E-state index contributed by atoms with van der Waals surface area (Å²) in [5.74, 6) is -0.00392. The highest BCUT2D eigenvalue weighted by Gasteiger charge is 2.16. The molecule has 0 atom stereocenters. The summed E-state index contributed by atoms with van der Waals surface area (Å²) in [6, 6.07) is 0. The monoisotopic (exact) mass is 203 g/mol. The number of carbonyl (C=O) groups excluding carboxylic acids is 1. The lowest BCUT2D eigenvalue weighted by Crippen LogP contribution is -2.31. The second kappa shape index (κ2) is 4.21. The van der Waals surface area contributed by atoms with Gasteiger partial charge in [0.25, 0.3) is 0 Å². The summed E-state index contributed by atoms with van der Waals surface area (Å²) >= 11 is 0. The Morgan fingerprint density at radius 3 is 3.07 bits per heavy atom. The summed E-state index contributed by atoms with van der Waals surface area (Å²) < 4.78 is 0. The molecule has 1 aliphatic rings. The first-order valence-electron chi connectivity index (χ1n) is 5.00.